The second-order valence-corrected chi connectivity index (χ2v) is 6.30. The van der Waals surface area contributed by atoms with Gasteiger partial charge in [0.25, 0.3) is 0 Å². The van der Waals surface area contributed by atoms with Gasteiger partial charge in [0.05, 0.1) is 17.6 Å². The first-order chi connectivity index (χ1) is 8.64. The number of hydrogen-bond acceptors (Lipinski definition) is 5. The molecule has 0 amide bonds. The van der Waals surface area contributed by atoms with E-state index in [-0.39, 0.29) is 5.60 Å². The average molecular weight is 260 g/mol. The molecule has 0 unspecified atom stereocenters. The molecule has 0 fully saturated rings. The zero-order valence-electron chi connectivity index (χ0n) is 10.2. The van der Waals surface area contributed by atoms with Crippen molar-refractivity contribution >= 4 is 27.2 Å². The van der Waals surface area contributed by atoms with Gasteiger partial charge in [0, 0.05) is 11.3 Å². The molecule has 0 saturated heterocycles. The first-order valence-corrected chi connectivity index (χ1v) is 6.68. The molecule has 3 aromatic rings. The monoisotopic (exact) mass is 260 g/mol. The van der Waals surface area contributed by atoms with Crippen LogP contribution in [-0.2, 0) is 17.8 Å². The minimum absolute atomic E-state index is 0.117. The van der Waals surface area contributed by atoms with Crippen molar-refractivity contribution in [1.82, 2.24) is 19.6 Å². The standard InChI is InChI=1S/C12H12N4OS/c1-12(2)3-7-8(4-17-12)18-11-9(7)10-15-14-6-16(10)5-13-11/h5-6H,3-4H2,1-2H3. The van der Waals surface area contributed by atoms with Gasteiger partial charge in [-0.3, -0.25) is 4.40 Å². The van der Waals surface area contributed by atoms with Crippen molar-refractivity contribution in [2.24, 2.45) is 0 Å². The number of rotatable bonds is 0. The minimum atomic E-state index is -0.117. The average Bonchev–Trinajstić information content (AvgIpc) is 2.89. The van der Waals surface area contributed by atoms with Gasteiger partial charge in [0.1, 0.15) is 17.5 Å². The predicted molar refractivity (Wildman–Crippen MR) is 68.7 cm³/mol. The van der Waals surface area contributed by atoms with Crippen LogP contribution in [0.3, 0.4) is 0 Å². The van der Waals surface area contributed by atoms with Crippen LogP contribution in [0.1, 0.15) is 24.3 Å². The third-order valence-electron chi connectivity index (χ3n) is 3.36. The molecule has 92 valence electrons. The molecule has 6 heteroatoms. The van der Waals surface area contributed by atoms with E-state index in [4.69, 9.17) is 4.74 Å². The quantitative estimate of drug-likeness (QED) is 0.621. The molecule has 0 aliphatic carbocycles. The molecule has 1 aliphatic heterocycles. The highest BCUT2D eigenvalue weighted by Crippen LogP contribution is 2.39. The lowest BCUT2D eigenvalue weighted by Crippen LogP contribution is -2.30. The van der Waals surface area contributed by atoms with Crippen molar-refractivity contribution in [2.45, 2.75) is 32.5 Å². The van der Waals surface area contributed by atoms with E-state index in [1.807, 2.05) is 4.40 Å². The number of ether oxygens (including phenoxy) is 1. The molecular weight excluding hydrogens is 248 g/mol. The van der Waals surface area contributed by atoms with Crippen molar-refractivity contribution in [2.75, 3.05) is 0 Å². The summed E-state index contributed by atoms with van der Waals surface area (Å²) in [6.45, 7) is 4.91. The number of fused-ring (bicyclic) bond motifs is 5. The Hall–Kier alpha value is -1.53. The van der Waals surface area contributed by atoms with E-state index in [9.17, 15) is 0 Å². The highest BCUT2D eigenvalue weighted by atomic mass is 32.1. The van der Waals surface area contributed by atoms with Crippen LogP contribution in [0, 0.1) is 0 Å². The third kappa shape index (κ3) is 1.33. The van der Waals surface area contributed by atoms with E-state index in [1.165, 1.54) is 10.4 Å². The van der Waals surface area contributed by atoms with Gasteiger partial charge in [-0.15, -0.1) is 21.5 Å². The van der Waals surface area contributed by atoms with Gasteiger partial charge in [-0.25, -0.2) is 4.98 Å². The summed E-state index contributed by atoms with van der Waals surface area (Å²) < 4.78 is 7.73. The lowest BCUT2D eigenvalue weighted by atomic mass is 9.94. The van der Waals surface area contributed by atoms with Crippen LogP contribution < -0.4 is 0 Å². The molecule has 4 heterocycles. The van der Waals surface area contributed by atoms with Gasteiger partial charge in [0.2, 0.25) is 0 Å². The normalized spacial score (nSPS) is 18.3. The Morgan fingerprint density at radius 1 is 1.39 bits per heavy atom. The highest BCUT2D eigenvalue weighted by molar-refractivity contribution is 7.19. The molecule has 5 nitrogen and oxygen atoms in total. The van der Waals surface area contributed by atoms with E-state index >= 15 is 0 Å². The predicted octanol–water partition coefficient (Wildman–Crippen LogP) is 2.19. The molecule has 0 radical (unpaired) electrons. The number of aromatic nitrogens is 4. The van der Waals surface area contributed by atoms with Gasteiger partial charge in [-0.1, -0.05) is 0 Å². The fourth-order valence-corrected chi connectivity index (χ4v) is 3.55. The lowest BCUT2D eigenvalue weighted by molar-refractivity contribution is -0.0379. The first kappa shape index (κ1) is 10.4. The lowest BCUT2D eigenvalue weighted by Gasteiger charge is -2.30. The Bertz CT molecular complexity index is 758. The molecular formula is C12H12N4OS. The van der Waals surface area contributed by atoms with Crippen LogP contribution in [0.2, 0.25) is 0 Å². The summed E-state index contributed by atoms with van der Waals surface area (Å²) in [5, 5.41) is 9.32. The van der Waals surface area contributed by atoms with Gasteiger partial charge in [0.15, 0.2) is 5.65 Å². The van der Waals surface area contributed by atoms with Crippen molar-refractivity contribution < 1.29 is 4.74 Å². The second kappa shape index (κ2) is 3.27. The van der Waals surface area contributed by atoms with Crippen molar-refractivity contribution in [3.05, 3.63) is 23.1 Å². The zero-order valence-corrected chi connectivity index (χ0v) is 11.0. The number of thiophene rings is 1. The van der Waals surface area contributed by atoms with Gasteiger partial charge in [-0.05, 0) is 19.4 Å². The third-order valence-corrected chi connectivity index (χ3v) is 4.48. The summed E-state index contributed by atoms with van der Waals surface area (Å²) >= 11 is 1.70. The zero-order chi connectivity index (χ0) is 12.3. The molecule has 0 N–H and O–H groups in total. The summed E-state index contributed by atoms with van der Waals surface area (Å²) in [6.07, 6.45) is 4.36. The van der Waals surface area contributed by atoms with E-state index in [0.717, 1.165) is 22.3 Å². The first-order valence-electron chi connectivity index (χ1n) is 5.87. The molecule has 18 heavy (non-hydrogen) atoms. The number of hydrogen-bond donors (Lipinski definition) is 0. The van der Waals surface area contributed by atoms with E-state index in [0.29, 0.717) is 6.61 Å². The smallest absolute Gasteiger partial charge is 0.172 e. The van der Waals surface area contributed by atoms with Crippen LogP contribution in [0.5, 0.6) is 0 Å². The summed E-state index contributed by atoms with van der Waals surface area (Å²) in [5.74, 6) is 0. The summed E-state index contributed by atoms with van der Waals surface area (Å²) in [7, 11) is 0. The Morgan fingerprint density at radius 2 is 2.28 bits per heavy atom. The molecule has 0 spiro atoms. The maximum Gasteiger partial charge on any atom is 0.172 e. The molecule has 1 aliphatic rings. The van der Waals surface area contributed by atoms with E-state index in [1.54, 1.807) is 24.0 Å². The van der Waals surface area contributed by atoms with E-state index in [2.05, 4.69) is 29.0 Å². The number of nitrogens with zero attached hydrogens (tertiary/aromatic N) is 4. The Labute approximate surface area is 107 Å². The summed E-state index contributed by atoms with van der Waals surface area (Å²) in [6, 6.07) is 0. The summed E-state index contributed by atoms with van der Waals surface area (Å²) in [4.78, 5) is 6.78. The Balaban J connectivity index is 2.10. The van der Waals surface area contributed by atoms with E-state index < -0.39 is 0 Å². The van der Waals surface area contributed by atoms with Crippen molar-refractivity contribution in [3.63, 3.8) is 0 Å². The largest absolute Gasteiger partial charge is 0.370 e. The molecule has 0 atom stereocenters. The molecule has 4 rings (SSSR count). The topological polar surface area (TPSA) is 52.3 Å². The fraction of sp³-hybridized carbons (Fsp3) is 0.417. The Kier molecular flexibility index (Phi) is 1.89. The van der Waals surface area contributed by atoms with Crippen LogP contribution in [0.4, 0.5) is 0 Å². The van der Waals surface area contributed by atoms with Gasteiger partial charge in [-0.2, -0.15) is 0 Å². The Morgan fingerprint density at radius 3 is 3.17 bits per heavy atom. The minimum Gasteiger partial charge on any atom is -0.370 e. The molecule has 3 aromatic heterocycles. The fourth-order valence-electron chi connectivity index (χ4n) is 2.48. The van der Waals surface area contributed by atoms with Crippen molar-refractivity contribution in [3.8, 4) is 0 Å². The maximum absolute atomic E-state index is 5.85. The van der Waals surface area contributed by atoms with Crippen LogP contribution >= 0.6 is 11.3 Å². The molecule has 0 aromatic carbocycles. The SMILES string of the molecule is CC1(C)Cc2c(sc3ncn4cnnc4c23)CO1. The second-order valence-electron chi connectivity index (χ2n) is 5.22. The van der Waals surface area contributed by atoms with Gasteiger partial charge >= 0.3 is 0 Å². The van der Waals surface area contributed by atoms with Crippen LogP contribution in [0.25, 0.3) is 15.9 Å². The maximum atomic E-state index is 5.85. The van der Waals surface area contributed by atoms with Crippen LogP contribution in [-0.4, -0.2) is 25.2 Å². The molecule has 0 bridgehead atoms. The highest BCUT2D eigenvalue weighted by Gasteiger charge is 2.30. The van der Waals surface area contributed by atoms with Crippen molar-refractivity contribution in [1.29, 1.82) is 0 Å². The van der Waals surface area contributed by atoms with Gasteiger partial charge < -0.3 is 4.74 Å². The summed E-state index contributed by atoms with van der Waals surface area (Å²) in [5.41, 5.74) is 2.11. The molecule has 0 saturated carbocycles. The van der Waals surface area contributed by atoms with Crippen LogP contribution in [0.15, 0.2) is 12.7 Å².